The fourth-order valence-electron chi connectivity index (χ4n) is 6.05. The van der Waals surface area contributed by atoms with E-state index in [2.05, 4.69) is 43.5 Å². The van der Waals surface area contributed by atoms with E-state index < -0.39 is 0 Å². The number of carbonyl (C=O) groups is 1. The molecule has 49 heavy (non-hydrogen) atoms. The number of nitrogens with zero attached hydrogens (tertiary/aromatic N) is 6. The van der Waals surface area contributed by atoms with E-state index in [0.29, 0.717) is 41.9 Å². The smallest absolute Gasteiger partial charge is 0.248 e. The third-order valence-electron chi connectivity index (χ3n) is 8.63. The lowest BCUT2D eigenvalue weighted by Crippen LogP contribution is -2.44. The lowest BCUT2D eigenvalue weighted by molar-refractivity contribution is -0.111. The van der Waals surface area contributed by atoms with Gasteiger partial charge in [-0.15, -0.1) is 0 Å². The van der Waals surface area contributed by atoms with Crippen molar-refractivity contribution in [2.24, 2.45) is 0 Å². The van der Waals surface area contributed by atoms with Gasteiger partial charge in [0.1, 0.15) is 23.7 Å². The van der Waals surface area contributed by atoms with Gasteiger partial charge in [0.05, 0.1) is 36.8 Å². The van der Waals surface area contributed by atoms with E-state index in [1.165, 1.54) is 18.5 Å². The zero-order valence-corrected chi connectivity index (χ0v) is 28.4. The zero-order valence-electron chi connectivity index (χ0n) is 28.4. The van der Waals surface area contributed by atoms with Gasteiger partial charge in [-0.05, 0) is 62.1 Å². The number of anilines is 5. The van der Waals surface area contributed by atoms with Crippen molar-refractivity contribution in [2.45, 2.75) is 12.5 Å². The number of ether oxygens (including phenoxy) is 1. The average Bonchev–Trinajstić information content (AvgIpc) is 3.59. The molecule has 3 heterocycles. The van der Waals surface area contributed by atoms with Crippen molar-refractivity contribution in [3.8, 4) is 16.9 Å². The highest BCUT2D eigenvalue weighted by Gasteiger charge is 2.30. The van der Waals surface area contributed by atoms with Crippen LogP contribution in [0.15, 0.2) is 85.2 Å². The predicted molar refractivity (Wildman–Crippen MR) is 192 cm³/mol. The number of rotatable bonds is 11. The minimum atomic E-state index is -0.272. The Labute approximate surface area is 286 Å². The molecule has 1 atom stereocenters. The van der Waals surface area contributed by atoms with Crippen LogP contribution in [0.4, 0.5) is 33.1 Å². The molecule has 0 spiro atoms. The molecule has 4 aromatic rings. The Morgan fingerprint density at radius 2 is 1.80 bits per heavy atom. The molecule has 0 saturated carbocycles. The van der Waals surface area contributed by atoms with Crippen molar-refractivity contribution in [2.75, 3.05) is 88.2 Å². The van der Waals surface area contributed by atoms with Gasteiger partial charge in [-0.1, -0.05) is 36.4 Å². The van der Waals surface area contributed by atoms with Crippen LogP contribution in [-0.4, -0.2) is 93.3 Å². The lowest BCUT2D eigenvalue weighted by atomic mass is 9.98. The maximum Gasteiger partial charge on any atom is 0.248 e. The molecule has 2 aliphatic rings. The summed E-state index contributed by atoms with van der Waals surface area (Å²) >= 11 is 0. The Bertz CT molecular complexity index is 1790. The first-order valence-electron chi connectivity index (χ1n) is 16.4. The summed E-state index contributed by atoms with van der Waals surface area (Å²) in [5, 5.41) is 8.29. The van der Waals surface area contributed by atoms with E-state index in [4.69, 9.17) is 9.57 Å². The van der Waals surface area contributed by atoms with Crippen LogP contribution in [0.3, 0.4) is 0 Å². The van der Waals surface area contributed by atoms with Gasteiger partial charge >= 0.3 is 0 Å². The summed E-state index contributed by atoms with van der Waals surface area (Å²) in [5.74, 6) is 1.24. The first-order valence-corrected chi connectivity index (χ1v) is 16.4. The van der Waals surface area contributed by atoms with E-state index in [9.17, 15) is 9.18 Å². The number of methoxy groups -OCH3 is 1. The average molecular weight is 667 g/mol. The second-order valence-electron chi connectivity index (χ2n) is 12.5. The monoisotopic (exact) mass is 666 g/mol. The molecule has 0 unspecified atom stereocenters. The first-order chi connectivity index (χ1) is 23.8. The molecule has 3 aromatic carbocycles. The van der Waals surface area contributed by atoms with Gasteiger partial charge in [-0.3, -0.25) is 9.63 Å². The molecule has 11 nitrogen and oxygen atoms in total. The molecule has 1 amide bonds. The van der Waals surface area contributed by atoms with Crippen LogP contribution >= 0.6 is 0 Å². The summed E-state index contributed by atoms with van der Waals surface area (Å²) in [6.07, 6.45) is 5.64. The zero-order chi connectivity index (χ0) is 34.3. The number of halogens is 1. The van der Waals surface area contributed by atoms with Crippen LogP contribution in [-0.2, 0) is 9.63 Å². The molecular weight excluding hydrogens is 623 g/mol. The Morgan fingerprint density at radius 1 is 1.02 bits per heavy atom. The standard InChI is InChI=1S/C37H43FN8O3/c1-43(2)14-7-12-37(47)42-30-22-31(34(48-4)23-33(30)45-17-15-44(3)16-18-45)41-35-24-36(40-25-39-35)46-32(13-19-49-46)28-10-5-8-26(20-28)27-9-6-11-29(38)21-27/h5-12,20-25,32H,13-19H2,1-4H3,(H,42,47)(H,39,40,41)/b12-7+/t32-/m1/s1. The molecule has 12 heteroatoms. The van der Waals surface area contributed by atoms with Crippen molar-refractivity contribution in [3.05, 3.63) is 96.6 Å². The fourth-order valence-corrected chi connectivity index (χ4v) is 6.05. The quantitative estimate of drug-likeness (QED) is 0.193. The number of amides is 1. The Kier molecular flexibility index (Phi) is 10.7. The number of hydrogen-bond acceptors (Lipinski definition) is 10. The predicted octanol–water partition coefficient (Wildman–Crippen LogP) is 5.73. The van der Waals surface area contributed by atoms with Gasteiger partial charge in [-0.25, -0.2) is 19.4 Å². The molecular formula is C37H43FN8O3. The summed E-state index contributed by atoms with van der Waals surface area (Å²) < 4.78 is 19.8. The molecule has 256 valence electrons. The summed E-state index contributed by atoms with van der Waals surface area (Å²) in [6.45, 7) is 4.65. The Balaban J connectivity index is 1.26. The molecule has 2 saturated heterocycles. The molecule has 2 N–H and O–H groups in total. The largest absolute Gasteiger partial charge is 0.494 e. The minimum Gasteiger partial charge on any atom is -0.494 e. The van der Waals surface area contributed by atoms with Crippen LogP contribution in [0, 0.1) is 5.82 Å². The van der Waals surface area contributed by atoms with Crippen LogP contribution in [0.2, 0.25) is 0 Å². The molecule has 2 aliphatic heterocycles. The number of hydrogen-bond donors (Lipinski definition) is 2. The van der Waals surface area contributed by atoms with Crippen molar-refractivity contribution < 1.29 is 18.8 Å². The van der Waals surface area contributed by atoms with Crippen molar-refractivity contribution in [3.63, 3.8) is 0 Å². The van der Waals surface area contributed by atoms with E-state index >= 15 is 0 Å². The first kappa shape index (κ1) is 33.8. The Morgan fingerprint density at radius 3 is 2.55 bits per heavy atom. The fraction of sp³-hybridized carbons (Fsp3) is 0.324. The van der Waals surface area contributed by atoms with Gasteiger partial charge in [0.25, 0.3) is 0 Å². The molecule has 0 radical (unpaired) electrons. The number of benzene rings is 3. The number of carbonyl (C=O) groups excluding carboxylic acids is 1. The topological polar surface area (TPSA) is 98.3 Å². The molecule has 1 aromatic heterocycles. The van der Waals surface area contributed by atoms with Gasteiger partial charge in [0, 0.05) is 57.4 Å². The Hall–Kier alpha value is -5.04. The maximum atomic E-state index is 14.0. The second-order valence-corrected chi connectivity index (χ2v) is 12.5. The molecule has 0 bridgehead atoms. The van der Waals surface area contributed by atoms with Gasteiger partial charge < -0.3 is 30.1 Å². The molecule has 6 rings (SSSR count). The highest BCUT2D eigenvalue weighted by molar-refractivity contribution is 6.02. The molecule has 2 fully saturated rings. The van der Waals surface area contributed by atoms with E-state index in [-0.39, 0.29) is 17.8 Å². The highest BCUT2D eigenvalue weighted by Crippen LogP contribution is 2.40. The van der Waals surface area contributed by atoms with Crippen molar-refractivity contribution in [1.82, 2.24) is 19.8 Å². The maximum absolute atomic E-state index is 14.0. The van der Waals surface area contributed by atoms with Crippen molar-refractivity contribution in [1.29, 1.82) is 0 Å². The summed E-state index contributed by atoms with van der Waals surface area (Å²) in [7, 11) is 7.65. The third-order valence-corrected chi connectivity index (χ3v) is 8.63. The second kappa shape index (κ2) is 15.5. The number of aromatic nitrogens is 2. The van der Waals surface area contributed by atoms with Gasteiger partial charge in [-0.2, -0.15) is 0 Å². The van der Waals surface area contributed by atoms with Gasteiger partial charge in [0.2, 0.25) is 5.91 Å². The minimum absolute atomic E-state index is 0.101. The van der Waals surface area contributed by atoms with E-state index in [1.807, 2.05) is 67.5 Å². The van der Waals surface area contributed by atoms with Crippen LogP contribution in [0.25, 0.3) is 11.1 Å². The number of nitrogens with one attached hydrogen (secondary N) is 2. The van der Waals surface area contributed by atoms with Crippen LogP contribution in [0.5, 0.6) is 5.75 Å². The summed E-state index contributed by atoms with van der Waals surface area (Å²) in [6, 6.07) is 20.2. The number of hydroxylamine groups is 1. The van der Waals surface area contributed by atoms with E-state index in [0.717, 1.165) is 55.0 Å². The normalized spacial score (nSPS) is 16.8. The SMILES string of the molecule is COc1cc(N2CCN(C)CC2)c(NC(=O)/C=C/CN(C)C)cc1Nc1cc(N2OCC[C@@H]2c2cccc(-c3cccc(F)c3)c2)ncn1. The van der Waals surface area contributed by atoms with Crippen LogP contribution < -0.4 is 25.3 Å². The third kappa shape index (κ3) is 8.34. The van der Waals surface area contributed by atoms with Crippen molar-refractivity contribution >= 4 is 34.6 Å². The van der Waals surface area contributed by atoms with E-state index in [1.54, 1.807) is 24.3 Å². The van der Waals surface area contributed by atoms with Gasteiger partial charge in [0.15, 0.2) is 5.82 Å². The number of piperazine rings is 1. The highest BCUT2D eigenvalue weighted by atomic mass is 19.1. The lowest BCUT2D eigenvalue weighted by Gasteiger charge is -2.35. The van der Waals surface area contributed by atoms with Crippen LogP contribution in [0.1, 0.15) is 18.0 Å². The summed E-state index contributed by atoms with van der Waals surface area (Å²) in [5.41, 5.74) is 4.98. The number of likely N-dealkylation sites (N-methyl/N-ethyl adjacent to an activating group) is 2. The molecule has 0 aliphatic carbocycles. The summed E-state index contributed by atoms with van der Waals surface area (Å²) in [4.78, 5) is 34.7.